The van der Waals surface area contributed by atoms with E-state index in [-0.39, 0.29) is 11.3 Å². The van der Waals surface area contributed by atoms with Crippen molar-refractivity contribution in [2.45, 2.75) is 13.3 Å². The number of likely N-dealkylation sites (N-methyl/N-ethyl adjacent to an activating group) is 1. The molecular formula is C16H16N3O5P. The molecule has 1 aromatic heterocycles. The average Bonchev–Trinajstić information content (AvgIpc) is 2.99. The van der Waals surface area contributed by atoms with E-state index in [1.54, 1.807) is 12.1 Å². The number of carbonyl (C=O) groups excluding carboxylic acids is 1. The first-order valence-corrected chi connectivity index (χ1v) is 9.59. The minimum atomic E-state index is -3.85. The summed E-state index contributed by atoms with van der Waals surface area (Å²) in [6, 6.07) is 3.27. The number of rotatable bonds is 3. The van der Waals surface area contributed by atoms with Crippen LogP contribution < -0.4 is 19.4 Å². The lowest BCUT2D eigenvalue weighted by Crippen LogP contribution is -2.28. The molecule has 6 rings (SSSR count). The molecule has 5 heterocycles. The fourth-order valence-corrected chi connectivity index (χ4v) is 4.90. The van der Waals surface area contributed by atoms with Gasteiger partial charge in [0.05, 0.1) is 22.0 Å². The van der Waals surface area contributed by atoms with E-state index in [0.29, 0.717) is 16.8 Å². The molecule has 0 fully saturated rings. The van der Waals surface area contributed by atoms with Crippen molar-refractivity contribution >= 4 is 30.2 Å². The van der Waals surface area contributed by atoms with Gasteiger partial charge in [0.25, 0.3) is 5.91 Å². The maximum absolute atomic E-state index is 12.7. The molecule has 4 aliphatic rings. The molecular weight excluding hydrogens is 345 g/mol. The first-order chi connectivity index (χ1) is 12.0. The molecule has 1 atom stereocenters. The highest BCUT2D eigenvalue weighted by Crippen LogP contribution is 2.62. The van der Waals surface area contributed by atoms with Crippen LogP contribution >= 0.6 is 7.82 Å². The standard InChI is InChI=1S/C16H16N3O5P/c1-2-18-7-5-9(6-8-18)12-13-11-4-3-10(15(17)20)14(13)22-25(21)23-16(12)19(11)24-25/h3-5H,2,6-8H2,1H3,(H2,17,20). The average molecular weight is 361 g/mol. The highest BCUT2D eigenvalue weighted by molar-refractivity contribution is 7.49. The van der Waals surface area contributed by atoms with Gasteiger partial charge >= 0.3 is 7.82 Å². The molecule has 130 valence electrons. The molecule has 4 aliphatic heterocycles. The molecule has 9 heteroatoms. The third-order valence-electron chi connectivity index (χ3n) is 4.91. The van der Waals surface area contributed by atoms with Crippen LogP contribution in [0.4, 0.5) is 0 Å². The van der Waals surface area contributed by atoms with Crippen LogP contribution in [0.25, 0.3) is 16.5 Å². The van der Waals surface area contributed by atoms with Crippen LogP contribution in [-0.4, -0.2) is 35.2 Å². The Morgan fingerprint density at radius 1 is 1.36 bits per heavy atom. The van der Waals surface area contributed by atoms with E-state index in [9.17, 15) is 9.36 Å². The fraction of sp³-hybridized carbons (Fsp3) is 0.312. The minimum Gasteiger partial charge on any atom is -0.383 e. The summed E-state index contributed by atoms with van der Waals surface area (Å²) in [4.78, 5) is 14.1. The van der Waals surface area contributed by atoms with Crippen molar-refractivity contribution in [3.8, 4) is 11.6 Å². The van der Waals surface area contributed by atoms with E-state index in [1.165, 1.54) is 4.73 Å². The van der Waals surface area contributed by atoms with Crippen LogP contribution in [0.5, 0.6) is 11.6 Å². The van der Waals surface area contributed by atoms with Gasteiger partial charge in [-0.2, -0.15) is 4.57 Å². The Kier molecular flexibility index (Phi) is 2.86. The molecule has 2 N–H and O–H groups in total. The maximum Gasteiger partial charge on any atom is 0.668 e. The number of primary amides is 1. The van der Waals surface area contributed by atoms with Crippen LogP contribution in [0.3, 0.4) is 0 Å². The molecule has 0 spiro atoms. The molecule has 1 unspecified atom stereocenters. The zero-order valence-electron chi connectivity index (χ0n) is 13.5. The van der Waals surface area contributed by atoms with E-state index in [0.717, 1.165) is 37.2 Å². The summed E-state index contributed by atoms with van der Waals surface area (Å²) in [7, 11) is -3.85. The number of phosphoric acid groups is 1. The van der Waals surface area contributed by atoms with Crippen molar-refractivity contribution < 1.29 is 23.0 Å². The summed E-state index contributed by atoms with van der Waals surface area (Å²) in [5, 5.41) is 0.665. The number of nitrogens with zero attached hydrogens (tertiary/aromatic N) is 2. The molecule has 6 bridgehead atoms. The van der Waals surface area contributed by atoms with Crippen LogP contribution in [0.15, 0.2) is 18.2 Å². The highest BCUT2D eigenvalue weighted by atomic mass is 31.2. The first kappa shape index (κ1) is 14.9. The number of carbonyl (C=O) groups is 1. The number of nitrogens with two attached hydrogens (primary N) is 1. The van der Waals surface area contributed by atoms with Gasteiger partial charge in [0, 0.05) is 13.1 Å². The lowest BCUT2D eigenvalue weighted by molar-refractivity contribution is 0.0999. The Hall–Kier alpha value is -2.44. The monoisotopic (exact) mass is 361 g/mol. The van der Waals surface area contributed by atoms with Gasteiger partial charge in [0.15, 0.2) is 5.75 Å². The summed E-state index contributed by atoms with van der Waals surface area (Å²) >= 11 is 0. The van der Waals surface area contributed by atoms with Gasteiger partial charge < -0.3 is 14.8 Å². The molecule has 0 radical (unpaired) electrons. The lowest BCUT2D eigenvalue weighted by atomic mass is 9.96. The van der Waals surface area contributed by atoms with Crippen LogP contribution in [0.2, 0.25) is 0 Å². The van der Waals surface area contributed by atoms with Crippen molar-refractivity contribution in [3.05, 3.63) is 29.3 Å². The summed E-state index contributed by atoms with van der Waals surface area (Å²) in [6.07, 6.45) is 2.94. The molecule has 2 aromatic rings. The first-order valence-electron chi connectivity index (χ1n) is 8.13. The fourth-order valence-electron chi connectivity index (χ4n) is 3.65. The summed E-state index contributed by atoms with van der Waals surface area (Å²) in [6.45, 7) is 4.84. The van der Waals surface area contributed by atoms with E-state index in [4.69, 9.17) is 19.4 Å². The second kappa shape index (κ2) is 4.80. The Bertz CT molecular complexity index is 1020. The van der Waals surface area contributed by atoms with Crippen LogP contribution in [0, 0.1) is 0 Å². The second-order valence-electron chi connectivity index (χ2n) is 6.26. The predicted octanol–water partition coefficient (Wildman–Crippen LogP) is 2.17. The number of hydrogen-bond acceptors (Lipinski definition) is 6. The quantitative estimate of drug-likeness (QED) is 0.842. The van der Waals surface area contributed by atoms with Crippen molar-refractivity contribution in [2.24, 2.45) is 5.73 Å². The van der Waals surface area contributed by atoms with Crippen LogP contribution in [-0.2, 0) is 4.57 Å². The number of amides is 1. The molecule has 1 amide bonds. The third-order valence-corrected chi connectivity index (χ3v) is 6.08. The van der Waals surface area contributed by atoms with Gasteiger partial charge in [-0.25, -0.2) is 0 Å². The third kappa shape index (κ3) is 1.92. The van der Waals surface area contributed by atoms with Gasteiger partial charge in [-0.05, 0) is 30.7 Å². The van der Waals surface area contributed by atoms with Crippen molar-refractivity contribution in [1.82, 2.24) is 9.63 Å². The maximum atomic E-state index is 12.7. The summed E-state index contributed by atoms with van der Waals surface area (Å²) in [5.74, 6) is -0.102. The van der Waals surface area contributed by atoms with Crippen LogP contribution in [0.1, 0.15) is 29.3 Å². The van der Waals surface area contributed by atoms with Crippen molar-refractivity contribution in [2.75, 3.05) is 19.6 Å². The van der Waals surface area contributed by atoms with Gasteiger partial charge in [-0.15, -0.1) is 4.73 Å². The van der Waals surface area contributed by atoms with Gasteiger partial charge in [0.2, 0.25) is 5.88 Å². The Morgan fingerprint density at radius 3 is 2.88 bits per heavy atom. The highest BCUT2D eigenvalue weighted by Gasteiger charge is 2.50. The second-order valence-corrected chi connectivity index (χ2v) is 7.68. The number of aromatic nitrogens is 1. The molecule has 0 saturated carbocycles. The van der Waals surface area contributed by atoms with Gasteiger partial charge in [-0.3, -0.25) is 14.3 Å². The van der Waals surface area contributed by atoms with E-state index in [2.05, 4.69) is 17.9 Å². The van der Waals surface area contributed by atoms with E-state index in [1.807, 2.05) is 0 Å². The zero-order valence-corrected chi connectivity index (χ0v) is 14.4. The van der Waals surface area contributed by atoms with Gasteiger partial charge in [0.1, 0.15) is 0 Å². The molecule has 0 aliphatic carbocycles. The smallest absolute Gasteiger partial charge is 0.383 e. The molecule has 1 aromatic carbocycles. The summed E-state index contributed by atoms with van der Waals surface area (Å²) < 4.78 is 30.6. The number of benzene rings is 1. The Morgan fingerprint density at radius 2 is 2.20 bits per heavy atom. The molecule has 25 heavy (non-hydrogen) atoms. The predicted molar refractivity (Wildman–Crippen MR) is 90.6 cm³/mol. The lowest BCUT2D eigenvalue weighted by Gasteiger charge is -2.24. The van der Waals surface area contributed by atoms with Gasteiger partial charge in [-0.1, -0.05) is 13.0 Å². The normalized spacial score (nSPS) is 24.0. The van der Waals surface area contributed by atoms with E-state index >= 15 is 0 Å². The summed E-state index contributed by atoms with van der Waals surface area (Å²) in [5.41, 5.74) is 8.13. The Labute approximate surface area is 143 Å². The minimum absolute atomic E-state index is 0.167. The van der Waals surface area contributed by atoms with Crippen molar-refractivity contribution in [3.63, 3.8) is 0 Å². The topological polar surface area (TPSA) is 96.0 Å². The molecule has 8 nitrogen and oxygen atoms in total. The molecule has 0 saturated heterocycles. The number of phosphoric ester groups is 1. The van der Waals surface area contributed by atoms with E-state index < -0.39 is 13.7 Å². The Balaban J connectivity index is 1.81. The number of hydrogen-bond donors (Lipinski definition) is 1. The van der Waals surface area contributed by atoms with Crippen molar-refractivity contribution in [1.29, 1.82) is 0 Å². The SMILES string of the molecule is CCN1CC=C(c2c3n4c5ccc(C(N)=O)c(c25)OP(=O)(O3)O4)CC1. The largest absolute Gasteiger partial charge is 0.668 e. The zero-order chi connectivity index (χ0) is 17.3.